The second-order valence-corrected chi connectivity index (χ2v) is 5.64. The lowest BCUT2D eigenvalue weighted by atomic mass is 10.2. The number of carbonyl (C=O) groups is 1. The number of nitrogens with zero attached hydrogens (tertiary/aromatic N) is 3. The second-order valence-electron chi connectivity index (χ2n) is 5.64. The standard InChI is InChI=1S/C15H22N4O2/c1-9(2)14-17-15(21-18-14)10(3)16-7-13-6-12(11(4)20)8-19(13)5/h6,8-10,16H,7H2,1-5H3. The van der Waals surface area contributed by atoms with Crippen LogP contribution in [0.15, 0.2) is 16.8 Å². The molecule has 2 rings (SSSR count). The Morgan fingerprint density at radius 1 is 1.43 bits per heavy atom. The van der Waals surface area contributed by atoms with E-state index in [4.69, 9.17) is 4.52 Å². The van der Waals surface area contributed by atoms with Gasteiger partial charge >= 0.3 is 0 Å². The summed E-state index contributed by atoms with van der Waals surface area (Å²) in [6.07, 6.45) is 1.84. The summed E-state index contributed by atoms with van der Waals surface area (Å²) in [5.74, 6) is 1.63. The van der Waals surface area contributed by atoms with Crippen molar-refractivity contribution in [2.24, 2.45) is 7.05 Å². The fourth-order valence-corrected chi connectivity index (χ4v) is 1.98. The van der Waals surface area contributed by atoms with Crippen molar-refractivity contribution in [3.63, 3.8) is 0 Å². The highest BCUT2D eigenvalue weighted by atomic mass is 16.5. The van der Waals surface area contributed by atoms with Gasteiger partial charge in [-0.3, -0.25) is 4.79 Å². The normalized spacial score (nSPS) is 12.9. The van der Waals surface area contributed by atoms with Crippen molar-refractivity contribution in [3.05, 3.63) is 35.2 Å². The van der Waals surface area contributed by atoms with E-state index in [-0.39, 0.29) is 17.7 Å². The summed E-state index contributed by atoms with van der Waals surface area (Å²) in [5.41, 5.74) is 1.76. The zero-order valence-electron chi connectivity index (χ0n) is 13.2. The highest BCUT2D eigenvalue weighted by Crippen LogP contribution is 2.16. The molecule has 21 heavy (non-hydrogen) atoms. The molecular weight excluding hydrogens is 268 g/mol. The smallest absolute Gasteiger partial charge is 0.243 e. The summed E-state index contributed by atoms with van der Waals surface area (Å²) in [5, 5.41) is 7.29. The highest BCUT2D eigenvalue weighted by molar-refractivity contribution is 5.94. The van der Waals surface area contributed by atoms with Crippen molar-refractivity contribution in [3.8, 4) is 0 Å². The molecule has 0 fully saturated rings. The van der Waals surface area contributed by atoms with E-state index < -0.39 is 0 Å². The maximum Gasteiger partial charge on any atom is 0.243 e. The van der Waals surface area contributed by atoms with Gasteiger partial charge in [0.15, 0.2) is 11.6 Å². The molecule has 1 atom stereocenters. The van der Waals surface area contributed by atoms with Crippen LogP contribution in [0.4, 0.5) is 0 Å². The predicted octanol–water partition coefficient (Wildman–Crippen LogP) is 2.58. The maximum atomic E-state index is 11.4. The average Bonchev–Trinajstić information content (AvgIpc) is 3.03. The third-order valence-corrected chi connectivity index (χ3v) is 3.45. The summed E-state index contributed by atoms with van der Waals surface area (Å²) in [6, 6.07) is 1.86. The molecule has 0 bridgehead atoms. The monoisotopic (exact) mass is 290 g/mol. The Morgan fingerprint density at radius 3 is 2.67 bits per heavy atom. The second kappa shape index (κ2) is 6.22. The van der Waals surface area contributed by atoms with Crippen molar-refractivity contribution in [1.29, 1.82) is 0 Å². The molecule has 2 aromatic heterocycles. The van der Waals surface area contributed by atoms with Gasteiger partial charge in [-0.15, -0.1) is 0 Å². The van der Waals surface area contributed by atoms with Crippen LogP contribution in [0, 0.1) is 0 Å². The van der Waals surface area contributed by atoms with Crippen LogP contribution in [0.1, 0.15) is 67.4 Å². The molecule has 0 amide bonds. The van der Waals surface area contributed by atoms with Crippen LogP contribution in [0.25, 0.3) is 0 Å². The number of nitrogens with one attached hydrogen (secondary N) is 1. The lowest BCUT2D eigenvalue weighted by Gasteiger charge is -2.10. The van der Waals surface area contributed by atoms with Crippen LogP contribution in [-0.2, 0) is 13.6 Å². The van der Waals surface area contributed by atoms with Gasteiger partial charge in [-0.05, 0) is 19.9 Å². The molecule has 0 radical (unpaired) electrons. The van der Waals surface area contributed by atoms with Gasteiger partial charge in [0.2, 0.25) is 5.89 Å². The van der Waals surface area contributed by atoms with E-state index in [2.05, 4.69) is 15.5 Å². The number of ketones is 1. The molecule has 0 spiro atoms. The minimum absolute atomic E-state index is 0.0410. The first-order valence-corrected chi connectivity index (χ1v) is 7.11. The lowest BCUT2D eigenvalue weighted by molar-refractivity contribution is 0.101. The summed E-state index contributed by atoms with van der Waals surface area (Å²) >= 11 is 0. The lowest BCUT2D eigenvalue weighted by Crippen LogP contribution is -2.19. The van der Waals surface area contributed by atoms with E-state index in [1.807, 2.05) is 44.6 Å². The molecule has 0 aliphatic rings. The largest absolute Gasteiger partial charge is 0.353 e. The molecule has 1 unspecified atom stereocenters. The van der Waals surface area contributed by atoms with Gasteiger partial charge in [-0.25, -0.2) is 0 Å². The van der Waals surface area contributed by atoms with Gasteiger partial charge < -0.3 is 14.4 Å². The van der Waals surface area contributed by atoms with Crippen LogP contribution >= 0.6 is 0 Å². The Morgan fingerprint density at radius 2 is 2.14 bits per heavy atom. The van der Waals surface area contributed by atoms with Crippen LogP contribution in [-0.4, -0.2) is 20.5 Å². The molecule has 114 valence electrons. The summed E-state index contributed by atoms with van der Waals surface area (Å²) in [7, 11) is 1.93. The van der Waals surface area contributed by atoms with Crippen LogP contribution in [0.5, 0.6) is 0 Å². The summed E-state index contributed by atoms with van der Waals surface area (Å²) < 4.78 is 7.21. The van der Waals surface area contributed by atoms with Crippen molar-refractivity contribution in [2.45, 2.75) is 46.2 Å². The number of aryl methyl sites for hydroxylation is 1. The van der Waals surface area contributed by atoms with E-state index in [1.54, 1.807) is 6.92 Å². The van der Waals surface area contributed by atoms with Gasteiger partial charge in [0.05, 0.1) is 6.04 Å². The van der Waals surface area contributed by atoms with Gasteiger partial charge in [0, 0.05) is 37.0 Å². The first kappa shape index (κ1) is 15.4. The molecule has 6 heteroatoms. The average molecular weight is 290 g/mol. The molecule has 0 aliphatic carbocycles. The van der Waals surface area contributed by atoms with Gasteiger partial charge in [0.25, 0.3) is 0 Å². The number of hydrogen-bond donors (Lipinski definition) is 1. The van der Waals surface area contributed by atoms with E-state index >= 15 is 0 Å². The molecule has 6 nitrogen and oxygen atoms in total. The number of rotatable bonds is 6. The molecule has 1 N–H and O–H groups in total. The first-order valence-electron chi connectivity index (χ1n) is 7.11. The zero-order chi connectivity index (χ0) is 15.6. The summed E-state index contributed by atoms with van der Waals surface area (Å²) in [4.78, 5) is 15.7. The van der Waals surface area contributed by atoms with Crippen LogP contribution < -0.4 is 5.32 Å². The fraction of sp³-hybridized carbons (Fsp3) is 0.533. The number of Topliss-reactive ketones (excluding diaryl/α,β-unsaturated/α-hetero) is 1. The Hall–Kier alpha value is -1.95. The predicted molar refractivity (Wildman–Crippen MR) is 79.1 cm³/mol. The third kappa shape index (κ3) is 3.58. The van der Waals surface area contributed by atoms with E-state index in [9.17, 15) is 4.79 Å². The van der Waals surface area contributed by atoms with E-state index in [1.165, 1.54) is 0 Å². The topological polar surface area (TPSA) is 73.0 Å². The van der Waals surface area contributed by atoms with Crippen LogP contribution in [0.3, 0.4) is 0 Å². The first-order chi connectivity index (χ1) is 9.88. The molecular formula is C15H22N4O2. The highest BCUT2D eigenvalue weighted by Gasteiger charge is 2.16. The van der Waals surface area contributed by atoms with E-state index in [0.29, 0.717) is 12.4 Å². The molecule has 0 aliphatic heterocycles. The van der Waals surface area contributed by atoms with Gasteiger partial charge in [-0.1, -0.05) is 19.0 Å². The van der Waals surface area contributed by atoms with Crippen molar-refractivity contribution in [2.75, 3.05) is 0 Å². The quantitative estimate of drug-likeness (QED) is 0.828. The number of aromatic nitrogens is 3. The van der Waals surface area contributed by atoms with Crippen molar-refractivity contribution >= 4 is 5.78 Å². The number of hydrogen-bond acceptors (Lipinski definition) is 5. The van der Waals surface area contributed by atoms with Crippen LogP contribution in [0.2, 0.25) is 0 Å². The molecule has 2 aromatic rings. The Kier molecular flexibility index (Phi) is 4.57. The molecule has 2 heterocycles. The van der Waals surface area contributed by atoms with Crippen molar-refractivity contribution < 1.29 is 9.32 Å². The summed E-state index contributed by atoms with van der Waals surface area (Å²) in [6.45, 7) is 8.23. The molecule has 0 aromatic carbocycles. The van der Waals surface area contributed by atoms with Gasteiger partial charge in [0.1, 0.15) is 0 Å². The minimum Gasteiger partial charge on any atom is -0.353 e. The molecule has 0 saturated heterocycles. The third-order valence-electron chi connectivity index (χ3n) is 3.45. The van der Waals surface area contributed by atoms with E-state index in [0.717, 1.165) is 17.1 Å². The zero-order valence-corrected chi connectivity index (χ0v) is 13.2. The van der Waals surface area contributed by atoms with Crippen molar-refractivity contribution in [1.82, 2.24) is 20.0 Å². The van der Waals surface area contributed by atoms with Gasteiger partial charge in [-0.2, -0.15) is 4.98 Å². The fourth-order valence-electron chi connectivity index (χ4n) is 1.98. The Labute approximate surface area is 124 Å². The Balaban J connectivity index is 2.00. The maximum absolute atomic E-state index is 11.4. The SMILES string of the molecule is CC(=O)c1cc(CNC(C)c2nc(C(C)C)no2)n(C)c1. The number of carbonyl (C=O) groups excluding carboxylic acids is 1. The molecule has 0 saturated carbocycles. The Bertz CT molecular complexity index is 627. The minimum atomic E-state index is -0.0410.